The summed E-state index contributed by atoms with van der Waals surface area (Å²) in [5, 5.41) is 0. The van der Waals surface area contributed by atoms with Crippen molar-refractivity contribution < 1.29 is 4.74 Å². The SMILES string of the molecule is NC(C1CC2CC2C1)C1CCOC2(CCCCC2)C1. The van der Waals surface area contributed by atoms with Crippen LogP contribution in [0.2, 0.25) is 0 Å². The van der Waals surface area contributed by atoms with Crippen LogP contribution in [0.1, 0.15) is 64.2 Å². The molecule has 2 nitrogen and oxygen atoms in total. The van der Waals surface area contributed by atoms with Gasteiger partial charge in [0.2, 0.25) is 0 Å². The first-order valence-corrected chi connectivity index (χ1v) is 8.65. The van der Waals surface area contributed by atoms with E-state index in [2.05, 4.69) is 0 Å². The number of nitrogens with two attached hydrogens (primary N) is 1. The van der Waals surface area contributed by atoms with Crippen molar-refractivity contribution in [2.75, 3.05) is 6.61 Å². The molecule has 19 heavy (non-hydrogen) atoms. The summed E-state index contributed by atoms with van der Waals surface area (Å²) in [6.07, 6.45) is 13.6. The van der Waals surface area contributed by atoms with Crippen LogP contribution in [0.15, 0.2) is 0 Å². The maximum Gasteiger partial charge on any atom is 0.0685 e. The minimum Gasteiger partial charge on any atom is -0.375 e. The van der Waals surface area contributed by atoms with E-state index in [0.29, 0.717) is 6.04 Å². The molecular weight excluding hydrogens is 234 g/mol. The Labute approximate surface area is 117 Å². The molecule has 108 valence electrons. The van der Waals surface area contributed by atoms with Crippen molar-refractivity contribution in [3.63, 3.8) is 0 Å². The number of ether oxygens (including phenoxy) is 1. The predicted molar refractivity (Wildman–Crippen MR) is 76.8 cm³/mol. The molecule has 4 aliphatic rings. The molecule has 4 atom stereocenters. The summed E-state index contributed by atoms with van der Waals surface area (Å²) >= 11 is 0. The highest BCUT2D eigenvalue weighted by atomic mass is 16.5. The molecule has 3 saturated carbocycles. The predicted octanol–water partition coefficient (Wildman–Crippen LogP) is 3.49. The van der Waals surface area contributed by atoms with E-state index in [0.717, 1.165) is 30.3 Å². The fourth-order valence-electron chi connectivity index (χ4n) is 5.40. The largest absolute Gasteiger partial charge is 0.375 e. The Balaban J connectivity index is 1.40. The second-order valence-electron chi connectivity index (χ2n) is 7.91. The molecule has 2 N–H and O–H groups in total. The van der Waals surface area contributed by atoms with Crippen molar-refractivity contribution in [1.29, 1.82) is 0 Å². The maximum absolute atomic E-state index is 6.67. The normalized spacial score (nSPS) is 45.9. The van der Waals surface area contributed by atoms with Gasteiger partial charge in [-0.05, 0) is 68.6 Å². The second-order valence-corrected chi connectivity index (χ2v) is 7.91. The Bertz CT molecular complexity index is 321. The second kappa shape index (κ2) is 4.73. The van der Waals surface area contributed by atoms with Crippen LogP contribution in [0.25, 0.3) is 0 Å². The number of hydrogen-bond acceptors (Lipinski definition) is 2. The maximum atomic E-state index is 6.67. The minimum atomic E-state index is 0.236. The van der Waals surface area contributed by atoms with Crippen molar-refractivity contribution >= 4 is 0 Å². The summed E-state index contributed by atoms with van der Waals surface area (Å²) in [7, 11) is 0. The van der Waals surface area contributed by atoms with Crippen LogP contribution in [0.5, 0.6) is 0 Å². The van der Waals surface area contributed by atoms with Gasteiger partial charge in [-0.3, -0.25) is 0 Å². The molecule has 4 fully saturated rings. The average Bonchev–Trinajstić information content (AvgIpc) is 3.05. The number of fused-ring (bicyclic) bond motifs is 1. The first-order chi connectivity index (χ1) is 9.26. The van der Waals surface area contributed by atoms with E-state index in [1.807, 2.05) is 0 Å². The fourth-order valence-corrected chi connectivity index (χ4v) is 5.40. The minimum absolute atomic E-state index is 0.236. The monoisotopic (exact) mass is 263 g/mol. The summed E-state index contributed by atoms with van der Waals surface area (Å²) in [5.41, 5.74) is 6.91. The van der Waals surface area contributed by atoms with Crippen molar-refractivity contribution in [3.8, 4) is 0 Å². The zero-order chi connectivity index (χ0) is 12.9. The zero-order valence-corrected chi connectivity index (χ0v) is 12.2. The van der Waals surface area contributed by atoms with Crippen LogP contribution in [-0.2, 0) is 4.74 Å². The first kappa shape index (κ1) is 12.6. The van der Waals surface area contributed by atoms with Crippen LogP contribution >= 0.6 is 0 Å². The molecule has 3 aliphatic carbocycles. The van der Waals surface area contributed by atoms with Gasteiger partial charge in [-0.2, -0.15) is 0 Å². The van der Waals surface area contributed by atoms with E-state index < -0.39 is 0 Å². The first-order valence-electron chi connectivity index (χ1n) is 8.65. The van der Waals surface area contributed by atoms with E-state index in [9.17, 15) is 0 Å². The van der Waals surface area contributed by atoms with Crippen LogP contribution in [0, 0.1) is 23.7 Å². The van der Waals surface area contributed by atoms with Gasteiger partial charge in [0, 0.05) is 12.6 Å². The number of rotatable bonds is 2. The Morgan fingerprint density at radius 1 is 0.947 bits per heavy atom. The van der Waals surface area contributed by atoms with Gasteiger partial charge in [0.05, 0.1) is 5.60 Å². The molecule has 1 saturated heterocycles. The van der Waals surface area contributed by atoms with Gasteiger partial charge in [-0.15, -0.1) is 0 Å². The van der Waals surface area contributed by atoms with Crippen LogP contribution in [-0.4, -0.2) is 18.2 Å². The van der Waals surface area contributed by atoms with E-state index in [-0.39, 0.29) is 5.60 Å². The van der Waals surface area contributed by atoms with Gasteiger partial charge >= 0.3 is 0 Å². The van der Waals surface area contributed by atoms with Gasteiger partial charge in [0.15, 0.2) is 0 Å². The Morgan fingerprint density at radius 3 is 2.42 bits per heavy atom. The number of hydrogen-bond donors (Lipinski definition) is 1. The molecule has 0 radical (unpaired) electrons. The molecule has 0 bridgehead atoms. The summed E-state index contributed by atoms with van der Waals surface area (Å²) < 4.78 is 6.22. The lowest BCUT2D eigenvalue weighted by Crippen LogP contribution is -2.48. The van der Waals surface area contributed by atoms with Crippen molar-refractivity contribution in [3.05, 3.63) is 0 Å². The highest BCUT2D eigenvalue weighted by Gasteiger charge is 2.49. The lowest BCUT2D eigenvalue weighted by molar-refractivity contribution is -0.122. The Kier molecular flexibility index (Phi) is 3.15. The Hall–Kier alpha value is -0.0800. The van der Waals surface area contributed by atoms with Crippen LogP contribution in [0.4, 0.5) is 0 Å². The molecule has 2 heteroatoms. The van der Waals surface area contributed by atoms with E-state index in [4.69, 9.17) is 10.5 Å². The molecule has 1 spiro atoms. The van der Waals surface area contributed by atoms with E-state index in [1.54, 1.807) is 0 Å². The summed E-state index contributed by atoms with van der Waals surface area (Å²) in [6, 6.07) is 0.468. The van der Waals surface area contributed by atoms with Gasteiger partial charge in [0.25, 0.3) is 0 Å². The highest BCUT2D eigenvalue weighted by Crippen LogP contribution is 2.56. The standard InChI is InChI=1S/C17H29NO/c18-16(15-9-13-8-14(13)10-15)12-4-7-19-17(11-12)5-2-1-3-6-17/h12-16H,1-11,18H2. The van der Waals surface area contributed by atoms with Crippen molar-refractivity contribution in [1.82, 2.24) is 0 Å². The molecule has 1 heterocycles. The third-order valence-electron chi connectivity index (χ3n) is 6.66. The van der Waals surface area contributed by atoms with Gasteiger partial charge in [-0.1, -0.05) is 19.3 Å². The van der Waals surface area contributed by atoms with Gasteiger partial charge in [-0.25, -0.2) is 0 Å². The Morgan fingerprint density at radius 2 is 1.68 bits per heavy atom. The highest BCUT2D eigenvalue weighted by molar-refractivity contribution is 5.01. The lowest BCUT2D eigenvalue weighted by atomic mass is 9.71. The topological polar surface area (TPSA) is 35.2 Å². The summed E-state index contributed by atoms with van der Waals surface area (Å²) in [4.78, 5) is 0. The lowest BCUT2D eigenvalue weighted by Gasteiger charge is -2.46. The van der Waals surface area contributed by atoms with Gasteiger partial charge < -0.3 is 10.5 Å². The van der Waals surface area contributed by atoms with E-state index in [1.165, 1.54) is 64.2 Å². The molecule has 1 aliphatic heterocycles. The quantitative estimate of drug-likeness (QED) is 0.827. The summed E-state index contributed by atoms with van der Waals surface area (Å²) in [5.74, 6) is 3.72. The van der Waals surface area contributed by atoms with Gasteiger partial charge in [0.1, 0.15) is 0 Å². The van der Waals surface area contributed by atoms with E-state index >= 15 is 0 Å². The molecular formula is C17H29NO. The van der Waals surface area contributed by atoms with Crippen LogP contribution in [0.3, 0.4) is 0 Å². The average molecular weight is 263 g/mol. The third kappa shape index (κ3) is 2.35. The fraction of sp³-hybridized carbons (Fsp3) is 1.00. The van der Waals surface area contributed by atoms with Crippen LogP contribution < -0.4 is 5.73 Å². The zero-order valence-electron chi connectivity index (χ0n) is 12.2. The third-order valence-corrected chi connectivity index (χ3v) is 6.66. The summed E-state index contributed by atoms with van der Waals surface area (Å²) in [6.45, 7) is 0.970. The molecule has 0 aromatic rings. The molecule has 4 unspecified atom stereocenters. The smallest absolute Gasteiger partial charge is 0.0685 e. The molecule has 0 aromatic heterocycles. The van der Waals surface area contributed by atoms with Crippen molar-refractivity contribution in [2.45, 2.75) is 75.9 Å². The molecule has 4 rings (SSSR count). The molecule has 0 aromatic carbocycles. The molecule has 0 amide bonds. The van der Waals surface area contributed by atoms with Crippen molar-refractivity contribution in [2.24, 2.45) is 29.4 Å².